The largest absolute Gasteiger partial charge is 0.290 e. The van der Waals surface area contributed by atoms with Crippen LogP contribution in [0.4, 0.5) is 0 Å². The van der Waals surface area contributed by atoms with E-state index in [1.807, 2.05) is 29.6 Å². The molecule has 0 radical (unpaired) electrons. The van der Waals surface area contributed by atoms with Crippen LogP contribution in [0.2, 0.25) is 0 Å². The number of fused-ring (bicyclic) bond motifs is 1. The van der Waals surface area contributed by atoms with Crippen molar-refractivity contribution in [2.45, 2.75) is 17.3 Å². The molecule has 0 saturated heterocycles. The lowest BCUT2D eigenvalue weighted by Crippen LogP contribution is -2.19. The van der Waals surface area contributed by atoms with Crippen molar-refractivity contribution in [3.63, 3.8) is 0 Å². The molecule has 3 aromatic heterocycles. The lowest BCUT2D eigenvalue weighted by atomic mass is 10.2. The van der Waals surface area contributed by atoms with E-state index in [1.54, 1.807) is 34.7 Å². The van der Waals surface area contributed by atoms with E-state index in [4.69, 9.17) is 4.98 Å². The third-order valence-corrected chi connectivity index (χ3v) is 6.58. The number of benzene rings is 1. The van der Waals surface area contributed by atoms with Crippen LogP contribution in [-0.2, 0) is 19.2 Å². The molecule has 25 heavy (non-hydrogen) atoms. The van der Waals surface area contributed by atoms with Gasteiger partial charge in [-0.15, -0.1) is 22.7 Å². The average molecular weight is 386 g/mol. The van der Waals surface area contributed by atoms with Gasteiger partial charge in [-0.05, 0) is 17.0 Å². The number of thioether (sulfide) groups is 1. The van der Waals surface area contributed by atoms with Crippen molar-refractivity contribution in [1.29, 1.82) is 0 Å². The van der Waals surface area contributed by atoms with Crippen molar-refractivity contribution >= 4 is 44.7 Å². The fourth-order valence-electron chi connectivity index (χ4n) is 2.51. The topological polar surface area (TPSA) is 47.8 Å². The van der Waals surface area contributed by atoms with Gasteiger partial charge >= 0.3 is 0 Å². The highest BCUT2D eigenvalue weighted by Crippen LogP contribution is 2.24. The van der Waals surface area contributed by atoms with Gasteiger partial charge in [0.25, 0.3) is 5.56 Å². The second-order valence-corrected chi connectivity index (χ2v) is 8.36. The minimum atomic E-state index is 0.0109. The number of aromatic nitrogens is 3. The summed E-state index contributed by atoms with van der Waals surface area (Å²) in [5.41, 5.74) is 2.31. The van der Waals surface area contributed by atoms with E-state index >= 15 is 0 Å². The van der Waals surface area contributed by atoms with Crippen LogP contribution in [0.25, 0.3) is 10.2 Å². The van der Waals surface area contributed by atoms with Crippen LogP contribution in [0.1, 0.15) is 16.3 Å². The Morgan fingerprint density at radius 3 is 2.80 bits per heavy atom. The lowest BCUT2D eigenvalue weighted by Gasteiger charge is -2.05. The number of thiophene rings is 1. The van der Waals surface area contributed by atoms with Crippen molar-refractivity contribution in [2.75, 3.05) is 0 Å². The zero-order valence-corrected chi connectivity index (χ0v) is 16.0. The fourth-order valence-corrected chi connectivity index (χ4v) is 5.12. The number of thiazole rings is 1. The molecule has 7 heteroatoms. The zero-order valence-electron chi connectivity index (χ0n) is 13.5. The van der Waals surface area contributed by atoms with Crippen molar-refractivity contribution in [2.24, 2.45) is 7.05 Å². The molecule has 0 aliphatic rings. The Labute approximate surface area is 157 Å². The van der Waals surface area contributed by atoms with Crippen LogP contribution in [-0.4, -0.2) is 14.5 Å². The normalized spacial score (nSPS) is 11.2. The Bertz CT molecular complexity index is 1070. The molecule has 4 nitrogen and oxygen atoms in total. The first-order valence-corrected chi connectivity index (χ1v) is 10.5. The van der Waals surface area contributed by atoms with Crippen LogP contribution in [0.5, 0.6) is 0 Å². The Balaban J connectivity index is 1.49. The van der Waals surface area contributed by atoms with Gasteiger partial charge in [0.15, 0.2) is 5.16 Å². The molecule has 0 unspecified atom stereocenters. The SMILES string of the molecule is Cn1c(SCc2csc(Cc3ccccc3)n2)nc2sccc2c1=O. The standard InChI is InChI=1S/C18H15N3OS3/c1-21-17(22)14-7-8-23-16(14)20-18(21)25-11-13-10-24-15(19-13)9-12-5-3-2-4-6-12/h2-8,10H,9,11H2,1H3. The van der Waals surface area contributed by atoms with Gasteiger partial charge in [0.1, 0.15) is 4.83 Å². The maximum atomic E-state index is 12.3. The second kappa shape index (κ2) is 7.11. The molecule has 0 amide bonds. The third kappa shape index (κ3) is 3.53. The van der Waals surface area contributed by atoms with E-state index in [-0.39, 0.29) is 5.56 Å². The molecule has 0 spiro atoms. The molecule has 4 aromatic rings. The lowest BCUT2D eigenvalue weighted by molar-refractivity contribution is 0.728. The van der Waals surface area contributed by atoms with Crippen molar-refractivity contribution in [1.82, 2.24) is 14.5 Å². The summed E-state index contributed by atoms with van der Waals surface area (Å²) in [6.07, 6.45) is 0.855. The maximum Gasteiger partial charge on any atom is 0.262 e. The molecule has 4 rings (SSSR count). The van der Waals surface area contributed by atoms with Gasteiger partial charge < -0.3 is 0 Å². The number of hydrogen-bond acceptors (Lipinski definition) is 6. The minimum absolute atomic E-state index is 0.0109. The van der Waals surface area contributed by atoms with Crippen LogP contribution in [0, 0.1) is 0 Å². The zero-order chi connectivity index (χ0) is 17.2. The van der Waals surface area contributed by atoms with E-state index < -0.39 is 0 Å². The molecule has 0 atom stereocenters. The van der Waals surface area contributed by atoms with Gasteiger partial charge in [-0.2, -0.15) is 0 Å². The predicted octanol–water partition coefficient (Wildman–Crippen LogP) is 4.33. The van der Waals surface area contributed by atoms with Crippen molar-refractivity contribution in [3.05, 3.63) is 73.8 Å². The predicted molar refractivity (Wildman–Crippen MR) is 106 cm³/mol. The summed E-state index contributed by atoms with van der Waals surface area (Å²) in [5.74, 6) is 0.711. The Kier molecular flexibility index (Phi) is 4.70. The van der Waals surface area contributed by atoms with Crippen LogP contribution >= 0.6 is 34.4 Å². The highest BCUT2D eigenvalue weighted by atomic mass is 32.2. The molecule has 0 saturated carbocycles. The first kappa shape index (κ1) is 16.5. The minimum Gasteiger partial charge on any atom is -0.290 e. The molecule has 0 aliphatic heterocycles. The first-order valence-electron chi connectivity index (χ1n) is 7.75. The van der Waals surface area contributed by atoms with Gasteiger partial charge in [-0.3, -0.25) is 9.36 Å². The summed E-state index contributed by atoms with van der Waals surface area (Å²) in [6.45, 7) is 0. The van der Waals surface area contributed by atoms with Crippen LogP contribution in [0.15, 0.2) is 57.1 Å². The molecular formula is C18H15N3OS3. The molecule has 1 aromatic carbocycles. The number of rotatable bonds is 5. The molecular weight excluding hydrogens is 370 g/mol. The van der Waals surface area contributed by atoms with E-state index in [0.717, 1.165) is 27.1 Å². The van der Waals surface area contributed by atoms with Gasteiger partial charge in [0.2, 0.25) is 0 Å². The fraction of sp³-hybridized carbons (Fsp3) is 0.167. The Hall–Kier alpha value is -1.96. The number of nitrogens with zero attached hydrogens (tertiary/aromatic N) is 3. The third-order valence-electron chi connectivity index (χ3n) is 3.81. The smallest absolute Gasteiger partial charge is 0.262 e. The molecule has 0 N–H and O–H groups in total. The number of hydrogen-bond donors (Lipinski definition) is 0. The summed E-state index contributed by atoms with van der Waals surface area (Å²) in [6, 6.07) is 12.2. The van der Waals surface area contributed by atoms with Gasteiger partial charge in [-0.25, -0.2) is 9.97 Å². The highest BCUT2D eigenvalue weighted by Gasteiger charge is 2.11. The van der Waals surface area contributed by atoms with E-state index in [0.29, 0.717) is 11.1 Å². The summed E-state index contributed by atoms with van der Waals surface area (Å²) in [7, 11) is 1.77. The van der Waals surface area contributed by atoms with E-state index in [2.05, 4.69) is 22.5 Å². The highest BCUT2D eigenvalue weighted by molar-refractivity contribution is 7.98. The van der Waals surface area contributed by atoms with Crippen LogP contribution < -0.4 is 5.56 Å². The monoisotopic (exact) mass is 385 g/mol. The Morgan fingerprint density at radius 2 is 1.96 bits per heavy atom. The van der Waals surface area contributed by atoms with Crippen molar-refractivity contribution in [3.8, 4) is 0 Å². The second-order valence-electron chi connectivity index (χ2n) is 5.58. The molecule has 0 bridgehead atoms. The van der Waals surface area contributed by atoms with Gasteiger partial charge in [-0.1, -0.05) is 42.1 Å². The van der Waals surface area contributed by atoms with E-state index in [9.17, 15) is 4.79 Å². The van der Waals surface area contributed by atoms with Gasteiger partial charge in [0, 0.05) is 24.6 Å². The van der Waals surface area contributed by atoms with E-state index in [1.165, 1.54) is 16.9 Å². The van der Waals surface area contributed by atoms with Crippen molar-refractivity contribution < 1.29 is 0 Å². The molecule has 126 valence electrons. The molecule has 3 heterocycles. The average Bonchev–Trinajstić information content (AvgIpc) is 3.27. The quantitative estimate of drug-likeness (QED) is 0.379. The first-order chi connectivity index (χ1) is 12.2. The molecule has 0 aliphatic carbocycles. The molecule has 0 fully saturated rings. The Morgan fingerprint density at radius 1 is 1.12 bits per heavy atom. The summed E-state index contributed by atoms with van der Waals surface area (Å²) >= 11 is 4.73. The maximum absolute atomic E-state index is 12.3. The van der Waals surface area contributed by atoms with Crippen LogP contribution in [0.3, 0.4) is 0 Å². The summed E-state index contributed by atoms with van der Waals surface area (Å²) in [5, 5.41) is 6.53. The summed E-state index contributed by atoms with van der Waals surface area (Å²) in [4.78, 5) is 22.4. The summed E-state index contributed by atoms with van der Waals surface area (Å²) < 4.78 is 1.62. The van der Waals surface area contributed by atoms with Gasteiger partial charge in [0.05, 0.1) is 16.1 Å².